The number of amides is 2. The number of nitrogens with zero attached hydrogens (tertiary/aromatic N) is 3. The Morgan fingerprint density at radius 2 is 1.82 bits per heavy atom. The molecule has 0 radical (unpaired) electrons. The Morgan fingerprint density at radius 3 is 2.44 bits per heavy atom. The maximum atomic E-state index is 13.0. The average Bonchev–Trinajstić information content (AvgIpc) is 3.23. The number of H-pyrrole nitrogens is 1. The molecule has 34 heavy (non-hydrogen) atoms. The number of hydrogen-bond acceptors (Lipinski definition) is 7. The van der Waals surface area contributed by atoms with Crippen LogP contribution in [-0.2, 0) is 14.8 Å². The van der Waals surface area contributed by atoms with Crippen molar-refractivity contribution in [3.63, 3.8) is 0 Å². The number of piperidine rings is 1. The molecule has 2 amide bonds. The molecular weight excluding hydrogens is 464 g/mol. The van der Waals surface area contributed by atoms with E-state index in [1.54, 1.807) is 0 Å². The molecule has 2 aromatic carbocycles. The van der Waals surface area contributed by atoms with Crippen LogP contribution in [0.25, 0.3) is 10.9 Å². The molecule has 0 saturated carbocycles. The molecule has 0 aliphatic carbocycles. The second-order valence-electron chi connectivity index (χ2n) is 7.92. The minimum absolute atomic E-state index is 0.0491. The normalized spacial score (nSPS) is 15.2. The van der Waals surface area contributed by atoms with Crippen molar-refractivity contribution in [2.45, 2.75) is 30.7 Å². The molecule has 1 aliphatic rings. The van der Waals surface area contributed by atoms with Gasteiger partial charge in [0, 0.05) is 49.3 Å². The molecule has 0 atom stereocenters. The van der Waals surface area contributed by atoms with Crippen molar-refractivity contribution in [3.8, 4) is 0 Å². The zero-order valence-corrected chi connectivity index (χ0v) is 19.0. The lowest BCUT2D eigenvalue weighted by atomic mass is 10.1. The zero-order valence-electron chi connectivity index (χ0n) is 18.1. The fourth-order valence-corrected chi connectivity index (χ4v) is 5.32. The third-order valence-corrected chi connectivity index (χ3v) is 7.49. The maximum Gasteiger partial charge on any atom is 0.272 e. The number of aromatic amines is 1. The number of nitro groups is 1. The molecule has 12 nitrogen and oxygen atoms in total. The number of aromatic nitrogens is 2. The number of non-ortho nitro benzene ring substituents is 1. The minimum Gasteiger partial charge on any atom is -0.348 e. The standard InChI is InChI=1S/C21H22N6O6S/c1-13(28)22-14-2-5-17(6-3-14)34(32,33)26-10-8-15(9-11-26)23-21(29)20-18-12-16(27(30)31)4-7-19(18)24-25-20/h2-7,12,15H,8-11H2,1H3,(H,22,28)(H,23,29)(H,24,25). The van der Waals surface area contributed by atoms with E-state index in [1.807, 2.05) is 0 Å². The van der Waals surface area contributed by atoms with Crippen LogP contribution >= 0.6 is 0 Å². The number of nitrogens with one attached hydrogen (secondary N) is 3. The fourth-order valence-electron chi connectivity index (χ4n) is 3.85. The summed E-state index contributed by atoms with van der Waals surface area (Å²) in [5, 5.41) is 23.5. The largest absolute Gasteiger partial charge is 0.348 e. The fraction of sp³-hybridized carbons (Fsp3) is 0.286. The first-order chi connectivity index (χ1) is 16.1. The van der Waals surface area contributed by atoms with E-state index in [9.17, 15) is 28.1 Å². The van der Waals surface area contributed by atoms with Gasteiger partial charge in [0.1, 0.15) is 0 Å². The van der Waals surface area contributed by atoms with Crippen molar-refractivity contribution in [1.29, 1.82) is 0 Å². The SMILES string of the molecule is CC(=O)Nc1ccc(S(=O)(=O)N2CCC(NC(=O)c3n[nH]c4ccc([N+](=O)[O-])cc34)CC2)cc1. The van der Waals surface area contributed by atoms with E-state index in [1.165, 1.54) is 53.7 Å². The van der Waals surface area contributed by atoms with Gasteiger partial charge in [0.05, 0.1) is 15.3 Å². The number of carbonyl (C=O) groups excluding carboxylic acids is 2. The Morgan fingerprint density at radius 1 is 1.15 bits per heavy atom. The van der Waals surface area contributed by atoms with E-state index in [0.29, 0.717) is 29.4 Å². The summed E-state index contributed by atoms with van der Waals surface area (Å²) in [4.78, 5) is 34.5. The van der Waals surface area contributed by atoms with Gasteiger partial charge in [-0.3, -0.25) is 24.8 Å². The van der Waals surface area contributed by atoms with E-state index in [0.717, 1.165) is 0 Å². The Hall–Kier alpha value is -3.84. The molecule has 4 rings (SSSR count). The van der Waals surface area contributed by atoms with Gasteiger partial charge in [-0.2, -0.15) is 9.40 Å². The van der Waals surface area contributed by atoms with Crippen LogP contribution in [0.1, 0.15) is 30.3 Å². The zero-order chi connectivity index (χ0) is 24.5. The third kappa shape index (κ3) is 4.75. The molecule has 13 heteroatoms. The van der Waals surface area contributed by atoms with Crippen molar-refractivity contribution < 1.29 is 22.9 Å². The molecule has 1 fully saturated rings. The number of carbonyl (C=O) groups is 2. The van der Waals surface area contributed by atoms with E-state index in [4.69, 9.17) is 0 Å². The number of fused-ring (bicyclic) bond motifs is 1. The Balaban J connectivity index is 1.40. The number of hydrogen-bond donors (Lipinski definition) is 3. The Labute approximate surface area is 194 Å². The van der Waals surface area contributed by atoms with Crippen molar-refractivity contribution in [1.82, 2.24) is 19.8 Å². The second-order valence-corrected chi connectivity index (χ2v) is 9.85. The lowest BCUT2D eigenvalue weighted by molar-refractivity contribution is -0.384. The summed E-state index contributed by atoms with van der Waals surface area (Å²) in [5.74, 6) is -0.734. The van der Waals surface area contributed by atoms with E-state index >= 15 is 0 Å². The summed E-state index contributed by atoms with van der Waals surface area (Å²) >= 11 is 0. The molecule has 3 N–H and O–H groups in total. The van der Waals surface area contributed by atoms with Gasteiger partial charge in [-0.15, -0.1) is 0 Å². The molecule has 1 aliphatic heterocycles. The monoisotopic (exact) mass is 486 g/mol. The quantitative estimate of drug-likeness (QED) is 0.354. The first kappa shape index (κ1) is 23.3. The summed E-state index contributed by atoms with van der Waals surface area (Å²) in [7, 11) is -3.72. The molecule has 2 heterocycles. The highest BCUT2D eigenvalue weighted by molar-refractivity contribution is 7.89. The van der Waals surface area contributed by atoms with Gasteiger partial charge in [0.15, 0.2) is 5.69 Å². The molecule has 178 valence electrons. The number of benzene rings is 2. The first-order valence-corrected chi connectivity index (χ1v) is 11.9. The van der Waals surface area contributed by atoms with Gasteiger partial charge in [0.25, 0.3) is 11.6 Å². The molecule has 1 aromatic heterocycles. The summed E-state index contributed by atoms with van der Waals surface area (Å²) in [6.45, 7) is 1.80. The molecule has 3 aromatic rings. The first-order valence-electron chi connectivity index (χ1n) is 10.5. The molecule has 0 bridgehead atoms. The van der Waals surface area contributed by atoms with E-state index in [-0.39, 0.29) is 41.3 Å². The summed E-state index contributed by atoms with van der Waals surface area (Å²) in [6.07, 6.45) is 0.800. The van der Waals surface area contributed by atoms with Crippen LogP contribution in [0.15, 0.2) is 47.4 Å². The van der Waals surface area contributed by atoms with Gasteiger partial charge in [-0.1, -0.05) is 0 Å². The van der Waals surface area contributed by atoms with Gasteiger partial charge >= 0.3 is 0 Å². The van der Waals surface area contributed by atoms with E-state index < -0.39 is 20.9 Å². The number of nitro benzene ring substituents is 1. The lowest BCUT2D eigenvalue weighted by Gasteiger charge is -2.31. The predicted molar refractivity (Wildman–Crippen MR) is 123 cm³/mol. The number of sulfonamides is 1. The highest BCUT2D eigenvalue weighted by atomic mass is 32.2. The lowest BCUT2D eigenvalue weighted by Crippen LogP contribution is -2.46. The van der Waals surface area contributed by atoms with Gasteiger partial charge in [-0.25, -0.2) is 8.42 Å². The summed E-state index contributed by atoms with van der Waals surface area (Å²) < 4.78 is 27.3. The second kappa shape index (κ2) is 9.19. The molecule has 0 unspecified atom stereocenters. The van der Waals surface area contributed by atoms with Gasteiger partial charge < -0.3 is 10.6 Å². The summed E-state index contributed by atoms with van der Waals surface area (Å²) in [6, 6.07) is 9.77. The maximum absolute atomic E-state index is 13.0. The van der Waals surface area contributed by atoms with Gasteiger partial charge in [-0.05, 0) is 43.2 Å². The Bertz CT molecular complexity index is 1360. The van der Waals surface area contributed by atoms with Crippen LogP contribution in [-0.4, -0.2) is 58.8 Å². The highest BCUT2D eigenvalue weighted by Crippen LogP contribution is 2.24. The van der Waals surface area contributed by atoms with Crippen molar-refractivity contribution in [2.24, 2.45) is 0 Å². The van der Waals surface area contributed by atoms with Crippen molar-refractivity contribution >= 4 is 44.1 Å². The summed E-state index contributed by atoms with van der Waals surface area (Å²) in [5.41, 5.74) is 0.907. The number of anilines is 1. The predicted octanol–water partition coefficient (Wildman–Crippen LogP) is 2.01. The molecule has 0 spiro atoms. The average molecular weight is 487 g/mol. The highest BCUT2D eigenvalue weighted by Gasteiger charge is 2.30. The van der Waals surface area contributed by atoms with Crippen LogP contribution in [0.4, 0.5) is 11.4 Å². The van der Waals surface area contributed by atoms with Crippen LogP contribution < -0.4 is 10.6 Å². The molecular formula is C21H22N6O6S. The molecule has 1 saturated heterocycles. The van der Waals surface area contributed by atoms with Crippen LogP contribution in [0.2, 0.25) is 0 Å². The third-order valence-electron chi connectivity index (χ3n) is 5.57. The van der Waals surface area contributed by atoms with Crippen LogP contribution in [0.3, 0.4) is 0 Å². The van der Waals surface area contributed by atoms with Crippen LogP contribution in [0.5, 0.6) is 0 Å². The van der Waals surface area contributed by atoms with Crippen LogP contribution in [0, 0.1) is 10.1 Å². The Kier molecular flexibility index (Phi) is 6.30. The van der Waals surface area contributed by atoms with Gasteiger partial charge in [0.2, 0.25) is 15.9 Å². The minimum atomic E-state index is -3.72. The van der Waals surface area contributed by atoms with E-state index in [2.05, 4.69) is 20.8 Å². The number of rotatable bonds is 6. The smallest absolute Gasteiger partial charge is 0.272 e. The van der Waals surface area contributed by atoms with Crippen molar-refractivity contribution in [3.05, 3.63) is 58.3 Å². The topological polar surface area (TPSA) is 167 Å². The van der Waals surface area contributed by atoms with Crippen molar-refractivity contribution in [2.75, 3.05) is 18.4 Å².